The number of ether oxygens (including phenoxy) is 1. The van der Waals surface area contributed by atoms with Gasteiger partial charge in [0.15, 0.2) is 0 Å². The Morgan fingerprint density at radius 3 is 2.82 bits per heavy atom. The molecule has 3 atom stereocenters. The van der Waals surface area contributed by atoms with Crippen molar-refractivity contribution in [2.24, 2.45) is 0 Å². The van der Waals surface area contributed by atoms with Gasteiger partial charge in [0, 0.05) is 18.0 Å². The number of nitrogens with zero attached hydrogens (tertiary/aromatic N) is 2. The molecule has 2 saturated heterocycles. The fourth-order valence-electron chi connectivity index (χ4n) is 4.08. The lowest BCUT2D eigenvalue weighted by molar-refractivity contribution is -0.142. The lowest BCUT2D eigenvalue weighted by Crippen LogP contribution is -2.54. The first-order chi connectivity index (χ1) is 13.6. The Bertz CT molecular complexity index is 908. The summed E-state index contributed by atoms with van der Waals surface area (Å²) in [6, 6.07) is 8.26. The van der Waals surface area contributed by atoms with Gasteiger partial charge in [0.05, 0.1) is 18.7 Å². The highest BCUT2D eigenvalue weighted by molar-refractivity contribution is 5.98. The van der Waals surface area contributed by atoms with Crippen LogP contribution in [0.1, 0.15) is 24.1 Å². The van der Waals surface area contributed by atoms with Crippen LogP contribution in [0.15, 0.2) is 36.5 Å². The Morgan fingerprint density at radius 1 is 1.18 bits per heavy atom. The van der Waals surface area contributed by atoms with Crippen molar-refractivity contribution in [2.45, 2.75) is 37.6 Å². The molecular formula is C20H24N4O4. The highest BCUT2D eigenvalue weighted by atomic mass is 16.5. The van der Waals surface area contributed by atoms with Crippen LogP contribution >= 0.6 is 0 Å². The first kappa shape index (κ1) is 18.6. The van der Waals surface area contributed by atoms with Crippen LogP contribution in [-0.4, -0.2) is 65.7 Å². The van der Waals surface area contributed by atoms with Crippen LogP contribution in [0.4, 0.5) is 0 Å². The van der Waals surface area contributed by atoms with Crippen molar-refractivity contribution in [2.75, 3.05) is 20.2 Å². The largest absolute Gasteiger partial charge is 0.358 e. The average Bonchev–Trinajstić information content (AvgIpc) is 3.27. The van der Waals surface area contributed by atoms with E-state index in [2.05, 4.69) is 10.6 Å². The van der Waals surface area contributed by atoms with Gasteiger partial charge >= 0.3 is 0 Å². The third-order valence-electron chi connectivity index (χ3n) is 5.40. The second kappa shape index (κ2) is 7.73. The fraction of sp³-hybridized carbons (Fsp3) is 0.450. The van der Waals surface area contributed by atoms with Crippen molar-refractivity contribution in [3.8, 4) is 0 Å². The number of carbonyl (C=O) groups excluding carboxylic acids is 3. The first-order valence-electron chi connectivity index (χ1n) is 9.58. The second-order valence-electron chi connectivity index (χ2n) is 7.19. The molecule has 3 heterocycles. The summed E-state index contributed by atoms with van der Waals surface area (Å²) in [5.74, 6) is -0.653. The highest BCUT2D eigenvalue weighted by Crippen LogP contribution is 2.30. The Kier molecular flexibility index (Phi) is 5.15. The summed E-state index contributed by atoms with van der Waals surface area (Å²) in [5.41, 5.74) is 0.818. The normalized spacial score (nSPS) is 24.8. The molecule has 0 saturated carbocycles. The van der Waals surface area contributed by atoms with Gasteiger partial charge in [-0.05, 0) is 32.0 Å². The minimum atomic E-state index is -0.680. The van der Waals surface area contributed by atoms with Crippen LogP contribution in [0, 0.1) is 0 Å². The Balaban J connectivity index is 1.59. The number of hydrogen-bond donors (Lipinski definition) is 2. The molecule has 2 N–H and O–H groups in total. The van der Waals surface area contributed by atoms with E-state index in [9.17, 15) is 14.4 Å². The van der Waals surface area contributed by atoms with Crippen LogP contribution in [0.3, 0.4) is 0 Å². The molecule has 8 nitrogen and oxygen atoms in total. The molecule has 2 aliphatic rings. The molecule has 148 valence electrons. The highest BCUT2D eigenvalue weighted by Gasteiger charge is 2.46. The molecule has 0 aliphatic carbocycles. The third-order valence-corrected chi connectivity index (χ3v) is 5.40. The van der Waals surface area contributed by atoms with Gasteiger partial charge in [-0.2, -0.15) is 0 Å². The van der Waals surface area contributed by atoms with Crippen LogP contribution < -0.4 is 10.6 Å². The Hall–Kier alpha value is -2.71. The number of hydrogen-bond acceptors (Lipinski definition) is 5. The topological polar surface area (TPSA) is 92.7 Å². The quantitative estimate of drug-likeness (QED) is 0.811. The molecule has 8 heteroatoms. The minimum absolute atomic E-state index is 0.131. The van der Waals surface area contributed by atoms with E-state index in [4.69, 9.17) is 4.74 Å². The summed E-state index contributed by atoms with van der Waals surface area (Å²) in [6.45, 7) is 0.497. The van der Waals surface area contributed by atoms with E-state index in [1.54, 1.807) is 17.8 Å². The summed E-state index contributed by atoms with van der Waals surface area (Å²) < 4.78 is 7.44. The molecule has 4 rings (SSSR count). The molecule has 2 aliphatic heterocycles. The van der Waals surface area contributed by atoms with Gasteiger partial charge in [0.25, 0.3) is 5.91 Å². The lowest BCUT2D eigenvalue weighted by Gasteiger charge is -2.29. The summed E-state index contributed by atoms with van der Waals surface area (Å²) in [4.78, 5) is 39.9. The van der Waals surface area contributed by atoms with E-state index in [0.717, 1.165) is 10.9 Å². The fourth-order valence-corrected chi connectivity index (χ4v) is 4.08. The monoisotopic (exact) mass is 384 g/mol. The maximum atomic E-state index is 13.3. The summed E-state index contributed by atoms with van der Waals surface area (Å²) in [6.07, 6.45) is 2.87. The van der Waals surface area contributed by atoms with Crippen LogP contribution in [0.2, 0.25) is 0 Å². The molecule has 1 aromatic carbocycles. The zero-order valence-corrected chi connectivity index (χ0v) is 15.8. The molecule has 1 aromatic heterocycles. The molecule has 2 fully saturated rings. The van der Waals surface area contributed by atoms with Crippen molar-refractivity contribution >= 4 is 28.6 Å². The van der Waals surface area contributed by atoms with Crippen LogP contribution in [0.25, 0.3) is 10.9 Å². The third kappa shape index (κ3) is 3.29. The van der Waals surface area contributed by atoms with Crippen molar-refractivity contribution in [3.63, 3.8) is 0 Å². The van der Waals surface area contributed by atoms with Gasteiger partial charge in [-0.15, -0.1) is 0 Å². The first-order valence-corrected chi connectivity index (χ1v) is 9.58. The molecule has 0 spiro atoms. The van der Waals surface area contributed by atoms with Gasteiger partial charge in [-0.3, -0.25) is 19.0 Å². The Morgan fingerprint density at radius 2 is 2.00 bits per heavy atom. The summed E-state index contributed by atoms with van der Waals surface area (Å²) in [5, 5.41) is 6.50. The van der Waals surface area contributed by atoms with Crippen molar-refractivity contribution < 1.29 is 19.1 Å². The summed E-state index contributed by atoms with van der Waals surface area (Å²) in [7, 11) is 1.67. The summed E-state index contributed by atoms with van der Waals surface area (Å²) >= 11 is 0. The number of carbonyl (C=O) groups is 3. The molecule has 0 bridgehead atoms. The van der Waals surface area contributed by atoms with E-state index >= 15 is 0 Å². The standard InChI is InChI=1S/C20H24N4O4/c1-21-12-17(25)22-14-9-11-28-18-7-6-16(24(18)19(14)26)20(27)23-10-8-13-4-2-3-5-15(13)23/h2-5,8,10,14,16,18,21H,6-7,9,11-12H2,1H3,(H,22,25)/t14-,16-,18-/m0/s1. The van der Waals surface area contributed by atoms with E-state index in [1.165, 1.54) is 4.90 Å². The van der Waals surface area contributed by atoms with Crippen LogP contribution in [0.5, 0.6) is 0 Å². The predicted molar refractivity (Wildman–Crippen MR) is 103 cm³/mol. The number of para-hydroxylation sites is 1. The molecule has 2 amide bonds. The van der Waals surface area contributed by atoms with E-state index in [-0.39, 0.29) is 24.3 Å². The minimum Gasteiger partial charge on any atom is -0.358 e. The predicted octanol–water partition coefficient (Wildman–Crippen LogP) is 0.723. The molecule has 0 radical (unpaired) electrons. The van der Waals surface area contributed by atoms with Crippen molar-refractivity contribution in [3.05, 3.63) is 36.5 Å². The van der Waals surface area contributed by atoms with Crippen molar-refractivity contribution in [1.29, 1.82) is 0 Å². The number of likely N-dealkylation sites (N-methyl/N-ethyl adjacent to an activating group) is 1. The Labute approximate surface area is 162 Å². The van der Waals surface area contributed by atoms with Gasteiger partial charge < -0.3 is 20.3 Å². The van der Waals surface area contributed by atoms with Gasteiger partial charge in [0.2, 0.25) is 11.8 Å². The number of rotatable bonds is 4. The number of amides is 2. The van der Waals surface area contributed by atoms with E-state index in [1.807, 2.05) is 30.3 Å². The van der Waals surface area contributed by atoms with E-state index in [0.29, 0.717) is 25.9 Å². The van der Waals surface area contributed by atoms with Crippen molar-refractivity contribution in [1.82, 2.24) is 20.1 Å². The van der Waals surface area contributed by atoms with Gasteiger partial charge in [-0.25, -0.2) is 0 Å². The number of nitrogens with one attached hydrogen (secondary N) is 2. The lowest BCUT2D eigenvalue weighted by atomic mass is 10.1. The zero-order valence-electron chi connectivity index (χ0n) is 15.8. The smallest absolute Gasteiger partial charge is 0.253 e. The average molecular weight is 384 g/mol. The molecule has 0 unspecified atom stereocenters. The SMILES string of the molecule is CNCC(=O)N[C@H]1CCO[C@H]2CC[C@@H](C(=O)n3ccc4ccccc43)N2C1=O. The van der Waals surface area contributed by atoms with Crippen LogP contribution in [-0.2, 0) is 14.3 Å². The molecular weight excluding hydrogens is 360 g/mol. The number of benzene rings is 1. The molecule has 28 heavy (non-hydrogen) atoms. The maximum Gasteiger partial charge on any atom is 0.253 e. The maximum absolute atomic E-state index is 13.3. The van der Waals surface area contributed by atoms with E-state index < -0.39 is 18.3 Å². The number of aromatic nitrogens is 1. The second-order valence-corrected chi connectivity index (χ2v) is 7.19. The zero-order chi connectivity index (χ0) is 19.7. The number of fused-ring (bicyclic) bond motifs is 2. The molecule has 2 aromatic rings. The van der Waals surface area contributed by atoms with Gasteiger partial charge in [0.1, 0.15) is 18.3 Å². The van der Waals surface area contributed by atoms with Gasteiger partial charge in [-0.1, -0.05) is 18.2 Å².